The van der Waals surface area contributed by atoms with Gasteiger partial charge in [-0.1, -0.05) is 6.07 Å². The fourth-order valence-electron chi connectivity index (χ4n) is 1.58. The van der Waals surface area contributed by atoms with Crippen molar-refractivity contribution in [3.05, 3.63) is 48.3 Å². The van der Waals surface area contributed by atoms with Crippen molar-refractivity contribution in [1.29, 1.82) is 5.26 Å². The van der Waals surface area contributed by atoms with Crippen LogP contribution in [0.15, 0.2) is 42.6 Å². The zero-order valence-electron chi connectivity index (χ0n) is 10.1. The van der Waals surface area contributed by atoms with E-state index in [0.29, 0.717) is 18.0 Å². The molecule has 0 atom stereocenters. The second kappa shape index (κ2) is 5.69. The van der Waals surface area contributed by atoms with Crippen LogP contribution in [0.25, 0.3) is 0 Å². The predicted molar refractivity (Wildman–Crippen MR) is 69.8 cm³/mol. The Labute approximate surface area is 106 Å². The fourth-order valence-corrected chi connectivity index (χ4v) is 1.58. The van der Waals surface area contributed by atoms with Crippen molar-refractivity contribution < 1.29 is 4.74 Å². The van der Waals surface area contributed by atoms with Gasteiger partial charge in [-0.2, -0.15) is 5.26 Å². The molecule has 18 heavy (non-hydrogen) atoms. The first kappa shape index (κ1) is 11.9. The first-order valence-electron chi connectivity index (χ1n) is 5.68. The molecule has 90 valence electrons. The summed E-state index contributed by atoms with van der Waals surface area (Å²) in [4.78, 5) is 4.00. The van der Waals surface area contributed by atoms with E-state index >= 15 is 0 Å². The van der Waals surface area contributed by atoms with Gasteiger partial charge in [-0.25, -0.2) is 4.98 Å². The quantitative estimate of drug-likeness (QED) is 0.890. The van der Waals surface area contributed by atoms with Crippen LogP contribution < -0.4 is 10.1 Å². The van der Waals surface area contributed by atoms with Gasteiger partial charge in [-0.15, -0.1) is 0 Å². The van der Waals surface area contributed by atoms with E-state index in [1.165, 1.54) is 0 Å². The van der Waals surface area contributed by atoms with Gasteiger partial charge in [0.1, 0.15) is 11.8 Å². The van der Waals surface area contributed by atoms with Gasteiger partial charge in [-0.3, -0.25) is 0 Å². The number of aromatic nitrogens is 1. The molecule has 2 rings (SSSR count). The molecule has 0 saturated carbocycles. The van der Waals surface area contributed by atoms with Crippen molar-refractivity contribution in [2.24, 2.45) is 0 Å². The van der Waals surface area contributed by atoms with E-state index in [0.717, 1.165) is 11.4 Å². The second-order valence-corrected chi connectivity index (χ2v) is 3.60. The number of nitrogens with zero attached hydrogens (tertiary/aromatic N) is 2. The molecule has 0 spiro atoms. The van der Waals surface area contributed by atoms with E-state index in [1.54, 1.807) is 12.3 Å². The van der Waals surface area contributed by atoms with E-state index < -0.39 is 0 Å². The maximum absolute atomic E-state index is 8.96. The monoisotopic (exact) mass is 239 g/mol. The lowest BCUT2D eigenvalue weighted by Gasteiger charge is -2.09. The molecular weight excluding hydrogens is 226 g/mol. The molecule has 2 aromatic rings. The van der Waals surface area contributed by atoms with Crippen LogP contribution in [-0.4, -0.2) is 11.6 Å². The highest BCUT2D eigenvalue weighted by molar-refractivity contribution is 5.65. The molecule has 0 amide bonds. The van der Waals surface area contributed by atoms with Gasteiger partial charge in [-0.05, 0) is 31.2 Å². The number of anilines is 2. The van der Waals surface area contributed by atoms with Gasteiger partial charge in [0.25, 0.3) is 0 Å². The van der Waals surface area contributed by atoms with Crippen LogP contribution in [-0.2, 0) is 0 Å². The summed E-state index contributed by atoms with van der Waals surface area (Å²) >= 11 is 0. The molecule has 1 N–H and O–H groups in total. The third-order valence-electron chi connectivity index (χ3n) is 2.34. The van der Waals surface area contributed by atoms with Gasteiger partial charge in [0.05, 0.1) is 12.3 Å². The van der Waals surface area contributed by atoms with Crippen LogP contribution in [0.1, 0.15) is 12.6 Å². The molecule has 0 aliphatic heterocycles. The highest BCUT2D eigenvalue weighted by Gasteiger charge is 2.03. The summed E-state index contributed by atoms with van der Waals surface area (Å²) in [6.45, 7) is 2.56. The molecular formula is C14H13N3O. The molecule has 0 aliphatic carbocycles. The Morgan fingerprint density at radius 3 is 3.00 bits per heavy atom. The Balaban J connectivity index is 2.23. The van der Waals surface area contributed by atoms with Crippen LogP contribution in [0.3, 0.4) is 0 Å². The number of hydrogen-bond donors (Lipinski definition) is 1. The first-order valence-corrected chi connectivity index (χ1v) is 5.68. The number of benzene rings is 1. The molecule has 1 heterocycles. The molecule has 1 aromatic heterocycles. The zero-order chi connectivity index (χ0) is 12.8. The third-order valence-corrected chi connectivity index (χ3v) is 2.34. The Morgan fingerprint density at radius 1 is 1.33 bits per heavy atom. The molecule has 0 saturated heterocycles. The molecule has 4 nitrogen and oxygen atoms in total. The van der Waals surface area contributed by atoms with Crippen LogP contribution >= 0.6 is 0 Å². The topological polar surface area (TPSA) is 57.9 Å². The number of ether oxygens (including phenoxy) is 1. The van der Waals surface area contributed by atoms with E-state index in [2.05, 4.69) is 16.4 Å². The molecule has 0 bridgehead atoms. The highest BCUT2D eigenvalue weighted by Crippen LogP contribution is 2.22. The average Bonchev–Trinajstić information content (AvgIpc) is 2.40. The van der Waals surface area contributed by atoms with Gasteiger partial charge >= 0.3 is 0 Å². The van der Waals surface area contributed by atoms with E-state index in [9.17, 15) is 0 Å². The number of pyridine rings is 1. The van der Waals surface area contributed by atoms with E-state index in [1.807, 2.05) is 37.3 Å². The Bertz CT molecular complexity index is 575. The van der Waals surface area contributed by atoms with Crippen LogP contribution in [0.4, 0.5) is 11.4 Å². The lowest BCUT2D eigenvalue weighted by atomic mass is 10.2. The maximum atomic E-state index is 8.96. The minimum atomic E-state index is 0.374. The summed E-state index contributed by atoms with van der Waals surface area (Å²) in [5.41, 5.74) is 1.93. The van der Waals surface area contributed by atoms with Crippen molar-refractivity contribution in [1.82, 2.24) is 4.98 Å². The second-order valence-electron chi connectivity index (χ2n) is 3.60. The molecule has 0 fully saturated rings. The Hall–Kier alpha value is -2.54. The van der Waals surface area contributed by atoms with Crippen LogP contribution in [0, 0.1) is 11.3 Å². The van der Waals surface area contributed by atoms with Crippen LogP contribution in [0.5, 0.6) is 5.75 Å². The molecule has 4 heteroatoms. The number of nitrogens with one attached hydrogen (secondary N) is 1. The SMILES string of the molecule is CCOc1cccc(Nc2cccnc2C#N)c1. The largest absolute Gasteiger partial charge is 0.494 e. The summed E-state index contributed by atoms with van der Waals surface area (Å²) in [5.74, 6) is 0.796. The maximum Gasteiger partial charge on any atom is 0.163 e. The van der Waals surface area contributed by atoms with Gasteiger partial charge in [0.2, 0.25) is 0 Å². The van der Waals surface area contributed by atoms with Crippen molar-refractivity contribution in [2.75, 3.05) is 11.9 Å². The van der Waals surface area contributed by atoms with Gasteiger partial charge in [0.15, 0.2) is 5.69 Å². The van der Waals surface area contributed by atoms with Crippen molar-refractivity contribution in [3.63, 3.8) is 0 Å². The van der Waals surface area contributed by atoms with Crippen molar-refractivity contribution in [2.45, 2.75) is 6.92 Å². The average molecular weight is 239 g/mol. The third kappa shape index (κ3) is 2.77. The molecule has 0 radical (unpaired) electrons. The van der Waals surface area contributed by atoms with Gasteiger partial charge < -0.3 is 10.1 Å². The number of hydrogen-bond acceptors (Lipinski definition) is 4. The highest BCUT2D eigenvalue weighted by atomic mass is 16.5. The summed E-state index contributed by atoms with van der Waals surface area (Å²) in [5, 5.41) is 12.1. The van der Waals surface area contributed by atoms with Gasteiger partial charge in [0, 0.05) is 18.0 Å². The first-order chi connectivity index (χ1) is 8.83. The smallest absolute Gasteiger partial charge is 0.163 e. The molecule has 0 aliphatic rings. The normalized spacial score (nSPS) is 9.56. The van der Waals surface area contributed by atoms with E-state index in [4.69, 9.17) is 10.00 Å². The summed E-state index contributed by atoms with van der Waals surface area (Å²) in [6, 6.07) is 13.2. The molecule has 0 unspecified atom stereocenters. The lowest BCUT2D eigenvalue weighted by Crippen LogP contribution is -1.96. The summed E-state index contributed by atoms with van der Waals surface area (Å²) in [7, 11) is 0. The van der Waals surface area contributed by atoms with Crippen LogP contribution in [0.2, 0.25) is 0 Å². The van der Waals surface area contributed by atoms with Crippen molar-refractivity contribution in [3.8, 4) is 11.8 Å². The number of rotatable bonds is 4. The molecule has 1 aromatic carbocycles. The Kier molecular flexibility index (Phi) is 3.77. The Morgan fingerprint density at radius 2 is 2.22 bits per heavy atom. The fraction of sp³-hybridized carbons (Fsp3) is 0.143. The lowest BCUT2D eigenvalue weighted by molar-refractivity contribution is 0.340. The standard InChI is InChI=1S/C14H13N3O/c1-2-18-12-6-3-5-11(9-12)17-13-7-4-8-16-14(13)10-15/h3-9,17H,2H2,1H3. The summed E-state index contributed by atoms with van der Waals surface area (Å²) in [6.07, 6.45) is 1.60. The van der Waals surface area contributed by atoms with Crippen molar-refractivity contribution >= 4 is 11.4 Å². The minimum Gasteiger partial charge on any atom is -0.494 e. The zero-order valence-corrected chi connectivity index (χ0v) is 10.1. The predicted octanol–water partition coefficient (Wildman–Crippen LogP) is 3.10. The number of nitriles is 1. The van der Waals surface area contributed by atoms with E-state index in [-0.39, 0.29) is 0 Å². The summed E-state index contributed by atoms with van der Waals surface area (Å²) < 4.78 is 5.42. The minimum absolute atomic E-state index is 0.374.